The molecule has 5 rings (SSSR count). The zero-order valence-corrected chi connectivity index (χ0v) is 18.9. The molecule has 3 aromatic rings. The van der Waals surface area contributed by atoms with Crippen LogP contribution in [0.5, 0.6) is 17.2 Å². The number of amides is 2. The third-order valence-electron chi connectivity index (χ3n) is 6.22. The minimum absolute atomic E-state index is 0.0252. The van der Waals surface area contributed by atoms with Gasteiger partial charge in [-0.1, -0.05) is 30.3 Å². The number of anilines is 2. The summed E-state index contributed by atoms with van der Waals surface area (Å²) < 4.78 is 16.6. The van der Waals surface area contributed by atoms with Crippen LogP contribution in [0, 0.1) is 0 Å². The van der Waals surface area contributed by atoms with Gasteiger partial charge in [-0.05, 0) is 36.4 Å². The molecule has 0 spiro atoms. The summed E-state index contributed by atoms with van der Waals surface area (Å²) in [4.78, 5) is 28.5. The second-order valence-electron chi connectivity index (χ2n) is 8.15. The lowest BCUT2D eigenvalue weighted by Crippen LogP contribution is -2.71. The fourth-order valence-corrected chi connectivity index (χ4v) is 4.49. The van der Waals surface area contributed by atoms with E-state index in [2.05, 4.69) is 5.32 Å². The standard InChI is InChI=1S/C27H24N2O5/c1-32-22-10-5-8-20(14-22)28-26(31)27(19-13-18-7-3-4-12-24(18)34-17-19)16-25(30)29(27)21-9-6-11-23(15-21)33-2/h3-15H,16-17H2,1-2H3,(H,28,31). The van der Waals surface area contributed by atoms with E-state index in [1.165, 1.54) is 4.90 Å². The van der Waals surface area contributed by atoms with E-state index in [1.807, 2.05) is 30.3 Å². The molecule has 0 saturated carbocycles. The maximum Gasteiger partial charge on any atom is 0.255 e. The van der Waals surface area contributed by atoms with Gasteiger partial charge >= 0.3 is 0 Å². The third kappa shape index (κ3) is 3.55. The zero-order valence-electron chi connectivity index (χ0n) is 18.9. The molecule has 1 atom stereocenters. The highest BCUT2D eigenvalue weighted by atomic mass is 16.5. The van der Waals surface area contributed by atoms with Gasteiger partial charge in [-0.15, -0.1) is 0 Å². The smallest absolute Gasteiger partial charge is 0.255 e. The van der Waals surface area contributed by atoms with Crippen molar-refractivity contribution in [3.05, 3.63) is 83.9 Å². The molecule has 0 aliphatic carbocycles. The molecule has 34 heavy (non-hydrogen) atoms. The first kappa shape index (κ1) is 21.6. The normalized spacial score (nSPS) is 18.7. The van der Waals surface area contributed by atoms with Crippen LogP contribution in [0.3, 0.4) is 0 Å². The van der Waals surface area contributed by atoms with Crippen LogP contribution in [0.15, 0.2) is 78.4 Å². The lowest BCUT2D eigenvalue weighted by atomic mass is 9.74. The number of para-hydroxylation sites is 1. The first-order valence-electron chi connectivity index (χ1n) is 10.9. The third-order valence-corrected chi connectivity index (χ3v) is 6.22. The summed E-state index contributed by atoms with van der Waals surface area (Å²) in [5.41, 5.74) is 1.47. The van der Waals surface area contributed by atoms with Crippen molar-refractivity contribution in [3.63, 3.8) is 0 Å². The lowest BCUT2D eigenvalue weighted by molar-refractivity contribution is -0.135. The number of benzene rings is 3. The number of hydrogen-bond acceptors (Lipinski definition) is 5. The van der Waals surface area contributed by atoms with Crippen LogP contribution in [0.25, 0.3) is 6.08 Å². The van der Waals surface area contributed by atoms with Gasteiger partial charge in [0, 0.05) is 34.6 Å². The zero-order chi connectivity index (χ0) is 23.7. The number of nitrogens with one attached hydrogen (secondary N) is 1. The minimum Gasteiger partial charge on any atom is -0.497 e. The molecule has 172 valence electrons. The van der Waals surface area contributed by atoms with Gasteiger partial charge in [0.25, 0.3) is 5.91 Å². The predicted molar refractivity (Wildman–Crippen MR) is 129 cm³/mol. The van der Waals surface area contributed by atoms with Gasteiger partial charge in [-0.2, -0.15) is 0 Å². The van der Waals surface area contributed by atoms with E-state index < -0.39 is 5.54 Å². The number of methoxy groups -OCH3 is 2. The Labute approximate surface area is 197 Å². The van der Waals surface area contributed by atoms with Gasteiger partial charge in [0.1, 0.15) is 23.9 Å². The highest BCUT2D eigenvalue weighted by molar-refractivity contribution is 6.19. The van der Waals surface area contributed by atoms with Crippen LogP contribution >= 0.6 is 0 Å². The van der Waals surface area contributed by atoms with Crippen molar-refractivity contribution in [2.45, 2.75) is 12.0 Å². The molecular formula is C27H24N2O5. The molecule has 2 amide bonds. The Bertz CT molecular complexity index is 1300. The van der Waals surface area contributed by atoms with Gasteiger partial charge in [-0.3, -0.25) is 14.5 Å². The van der Waals surface area contributed by atoms with Crippen molar-refractivity contribution in [3.8, 4) is 17.2 Å². The van der Waals surface area contributed by atoms with Crippen molar-refractivity contribution < 1.29 is 23.8 Å². The number of fused-ring (bicyclic) bond motifs is 1. The summed E-state index contributed by atoms with van der Waals surface area (Å²) in [6, 6.07) is 21.9. The molecule has 2 aliphatic rings. The number of nitrogens with zero attached hydrogens (tertiary/aromatic N) is 1. The van der Waals surface area contributed by atoms with E-state index >= 15 is 0 Å². The minimum atomic E-state index is -1.25. The fourth-order valence-electron chi connectivity index (χ4n) is 4.49. The fraction of sp³-hybridized carbons (Fsp3) is 0.185. The first-order valence-corrected chi connectivity index (χ1v) is 10.9. The molecule has 7 nitrogen and oxygen atoms in total. The Morgan fingerprint density at radius 3 is 2.47 bits per heavy atom. The van der Waals surface area contributed by atoms with Crippen LogP contribution in [0.2, 0.25) is 0 Å². The van der Waals surface area contributed by atoms with E-state index in [-0.39, 0.29) is 24.8 Å². The summed E-state index contributed by atoms with van der Waals surface area (Å²) in [7, 11) is 3.13. The molecule has 0 aromatic heterocycles. The van der Waals surface area contributed by atoms with Crippen molar-refractivity contribution in [1.29, 1.82) is 0 Å². The topological polar surface area (TPSA) is 77.1 Å². The maximum absolute atomic E-state index is 13.9. The largest absolute Gasteiger partial charge is 0.497 e. The van der Waals surface area contributed by atoms with Gasteiger partial charge in [0.2, 0.25) is 5.91 Å². The van der Waals surface area contributed by atoms with Gasteiger partial charge in [-0.25, -0.2) is 0 Å². The maximum atomic E-state index is 13.9. The van der Waals surface area contributed by atoms with Crippen LogP contribution < -0.4 is 24.4 Å². The Morgan fingerprint density at radius 2 is 1.71 bits per heavy atom. The molecular weight excluding hydrogens is 432 g/mol. The van der Waals surface area contributed by atoms with E-state index in [4.69, 9.17) is 14.2 Å². The second-order valence-corrected chi connectivity index (χ2v) is 8.15. The van der Waals surface area contributed by atoms with E-state index in [1.54, 1.807) is 62.8 Å². The van der Waals surface area contributed by atoms with Crippen LogP contribution in [0.1, 0.15) is 12.0 Å². The number of carbonyl (C=O) groups is 2. The second kappa shape index (κ2) is 8.59. The Kier molecular flexibility index (Phi) is 5.45. The first-order chi connectivity index (χ1) is 16.5. The molecule has 1 fully saturated rings. The molecule has 0 bridgehead atoms. The van der Waals surface area contributed by atoms with Gasteiger partial charge in [0.05, 0.1) is 20.6 Å². The predicted octanol–water partition coefficient (Wildman–Crippen LogP) is 4.29. The number of β-lactam (4-membered cyclic amide) rings is 1. The van der Waals surface area contributed by atoms with Crippen molar-refractivity contribution in [2.24, 2.45) is 0 Å². The van der Waals surface area contributed by atoms with E-state index in [0.29, 0.717) is 28.4 Å². The molecule has 2 aliphatic heterocycles. The number of carbonyl (C=O) groups excluding carboxylic acids is 2. The molecule has 3 aromatic carbocycles. The molecule has 1 N–H and O–H groups in total. The highest BCUT2D eigenvalue weighted by Gasteiger charge is 2.60. The average molecular weight is 456 g/mol. The summed E-state index contributed by atoms with van der Waals surface area (Å²) in [6.07, 6.45) is 1.97. The van der Waals surface area contributed by atoms with E-state index in [9.17, 15) is 9.59 Å². The Balaban J connectivity index is 1.60. The van der Waals surface area contributed by atoms with Crippen LogP contribution in [-0.4, -0.2) is 38.2 Å². The molecule has 0 radical (unpaired) electrons. The number of hydrogen-bond donors (Lipinski definition) is 1. The monoisotopic (exact) mass is 456 g/mol. The SMILES string of the molecule is COc1cccc(NC(=O)C2(C3=Cc4ccccc4OC3)CC(=O)N2c2cccc(OC)c2)c1. The summed E-state index contributed by atoms with van der Waals surface area (Å²) in [5, 5.41) is 2.99. The Hall–Kier alpha value is -4.26. The molecule has 2 heterocycles. The number of ether oxygens (including phenoxy) is 3. The Morgan fingerprint density at radius 1 is 0.971 bits per heavy atom. The highest BCUT2D eigenvalue weighted by Crippen LogP contribution is 2.46. The van der Waals surface area contributed by atoms with Crippen molar-refractivity contribution >= 4 is 29.3 Å². The van der Waals surface area contributed by atoms with Gasteiger partial charge < -0.3 is 19.5 Å². The quantitative estimate of drug-likeness (QED) is 0.560. The summed E-state index contributed by atoms with van der Waals surface area (Å²) in [5.74, 6) is 1.48. The van der Waals surface area contributed by atoms with Crippen LogP contribution in [0.4, 0.5) is 11.4 Å². The molecule has 7 heteroatoms. The summed E-state index contributed by atoms with van der Waals surface area (Å²) >= 11 is 0. The summed E-state index contributed by atoms with van der Waals surface area (Å²) in [6.45, 7) is 0.191. The molecule has 1 unspecified atom stereocenters. The van der Waals surface area contributed by atoms with Gasteiger partial charge in [0.15, 0.2) is 5.54 Å². The molecule has 1 saturated heterocycles. The van der Waals surface area contributed by atoms with Crippen molar-refractivity contribution in [2.75, 3.05) is 31.0 Å². The number of rotatable bonds is 6. The lowest BCUT2D eigenvalue weighted by Gasteiger charge is -2.52. The van der Waals surface area contributed by atoms with E-state index in [0.717, 1.165) is 11.3 Å². The average Bonchev–Trinajstić information content (AvgIpc) is 2.86. The van der Waals surface area contributed by atoms with Crippen LogP contribution in [-0.2, 0) is 9.59 Å². The van der Waals surface area contributed by atoms with Crippen molar-refractivity contribution in [1.82, 2.24) is 0 Å².